The lowest BCUT2D eigenvalue weighted by Crippen LogP contribution is -2.53. The lowest BCUT2D eigenvalue weighted by Gasteiger charge is -2.35. The van der Waals surface area contributed by atoms with Crippen LogP contribution in [-0.2, 0) is 23.4 Å². The highest BCUT2D eigenvalue weighted by atomic mass is 16.3. The molecule has 6 rings (SSSR count). The number of likely N-dealkylation sites (N-methyl/N-ethyl adjacent to an activating group) is 1. The molecule has 1 amide bonds. The third-order valence-corrected chi connectivity index (χ3v) is 7.31. The van der Waals surface area contributed by atoms with Crippen LogP contribution in [0.1, 0.15) is 36.7 Å². The number of anilines is 2. The van der Waals surface area contributed by atoms with Crippen molar-refractivity contribution < 1.29 is 9.90 Å². The quantitative estimate of drug-likeness (QED) is 0.326. The molecule has 3 aromatic heterocycles. The molecule has 0 radical (unpaired) electrons. The highest BCUT2D eigenvalue weighted by Gasteiger charge is 2.40. The fourth-order valence-corrected chi connectivity index (χ4v) is 5.57. The first kappa shape index (κ1) is 25.0. The van der Waals surface area contributed by atoms with Crippen LogP contribution < -0.4 is 16.2 Å². The average Bonchev–Trinajstić information content (AvgIpc) is 3.38. The lowest BCUT2D eigenvalue weighted by atomic mass is 10.0. The number of aliphatic hydroxyl groups is 1. The third-order valence-electron chi connectivity index (χ3n) is 7.31. The van der Waals surface area contributed by atoms with Gasteiger partial charge in [0, 0.05) is 11.9 Å². The van der Waals surface area contributed by atoms with Crippen LogP contribution in [0.5, 0.6) is 0 Å². The van der Waals surface area contributed by atoms with Crippen molar-refractivity contribution in [3.8, 4) is 5.82 Å². The molecule has 2 aliphatic rings. The van der Waals surface area contributed by atoms with E-state index < -0.39 is 5.60 Å². The van der Waals surface area contributed by atoms with Crippen molar-refractivity contribution in [2.75, 3.05) is 18.9 Å². The van der Waals surface area contributed by atoms with E-state index in [1.165, 1.54) is 16.4 Å². The van der Waals surface area contributed by atoms with Gasteiger partial charge in [-0.05, 0) is 62.7 Å². The van der Waals surface area contributed by atoms with Gasteiger partial charge in [0.15, 0.2) is 11.5 Å². The zero-order valence-electron chi connectivity index (χ0n) is 22.0. The number of rotatable bonds is 6. The molecule has 1 aliphatic heterocycles. The summed E-state index contributed by atoms with van der Waals surface area (Å²) in [6, 6.07) is 11.6. The average molecular weight is 527 g/mol. The second kappa shape index (κ2) is 9.14. The predicted octanol–water partition coefficient (Wildman–Crippen LogP) is 2.16. The van der Waals surface area contributed by atoms with E-state index in [-0.39, 0.29) is 30.1 Å². The van der Waals surface area contributed by atoms with Gasteiger partial charge in [-0.15, -0.1) is 6.58 Å². The first-order valence-electron chi connectivity index (χ1n) is 12.8. The van der Waals surface area contributed by atoms with Gasteiger partial charge in [0.25, 0.3) is 5.56 Å². The number of carbonyl (C=O) groups is 1. The molecule has 1 aromatic carbocycles. The first-order chi connectivity index (χ1) is 18.6. The van der Waals surface area contributed by atoms with Crippen LogP contribution in [0, 0.1) is 0 Å². The summed E-state index contributed by atoms with van der Waals surface area (Å²) in [6.45, 7) is 7.71. The summed E-state index contributed by atoms with van der Waals surface area (Å²) in [5.74, 6) is 0.813. The molecule has 0 bridgehead atoms. The van der Waals surface area contributed by atoms with E-state index in [0.717, 1.165) is 17.7 Å². The van der Waals surface area contributed by atoms with E-state index in [9.17, 15) is 14.7 Å². The number of hydrogen-bond acceptors (Lipinski definition) is 8. The van der Waals surface area contributed by atoms with Crippen LogP contribution in [0.3, 0.4) is 0 Å². The standard InChI is InChI=1S/C28H30N8O3/c1-5-11-35-26(38)19-14-29-27(33-25(19)36(35)22-8-6-7-21(32-22)28(2,3)39)30-17-10-9-16-12-20-24(18(16)13-17)34(4)15-23(37)31-20/h5-10,13-14,20,24,39H,1,11-12,15H2,2-4H3,(H,31,37)(H,29,30,33). The number of amides is 1. The molecule has 2 atom stereocenters. The molecule has 1 fully saturated rings. The summed E-state index contributed by atoms with van der Waals surface area (Å²) >= 11 is 0. The number of carbonyl (C=O) groups excluding carboxylic acids is 1. The summed E-state index contributed by atoms with van der Waals surface area (Å²) in [5, 5.41) is 17.2. The maximum Gasteiger partial charge on any atom is 0.278 e. The van der Waals surface area contributed by atoms with Gasteiger partial charge in [-0.3, -0.25) is 14.5 Å². The number of hydrogen-bond donors (Lipinski definition) is 3. The van der Waals surface area contributed by atoms with E-state index >= 15 is 0 Å². The smallest absolute Gasteiger partial charge is 0.278 e. The Hall–Kier alpha value is -4.35. The Kier molecular flexibility index (Phi) is 5.85. The number of allylic oxidation sites excluding steroid dienone is 1. The Morgan fingerprint density at radius 2 is 2.05 bits per heavy atom. The van der Waals surface area contributed by atoms with Gasteiger partial charge in [-0.25, -0.2) is 19.3 Å². The molecule has 200 valence electrons. The first-order valence-corrected chi connectivity index (χ1v) is 12.8. The highest BCUT2D eigenvalue weighted by Crippen LogP contribution is 2.38. The van der Waals surface area contributed by atoms with Crippen molar-refractivity contribution in [3.05, 3.63) is 82.4 Å². The zero-order chi connectivity index (χ0) is 27.5. The molecule has 2 unspecified atom stereocenters. The number of nitrogens with one attached hydrogen (secondary N) is 2. The lowest BCUT2D eigenvalue weighted by molar-refractivity contribution is -0.126. The Balaban J connectivity index is 1.40. The van der Waals surface area contributed by atoms with Gasteiger partial charge in [-0.1, -0.05) is 18.2 Å². The molecule has 11 heteroatoms. The maximum atomic E-state index is 13.3. The molecular formula is C28H30N8O3. The summed E-state index contributed by atoms with van der Waals surface area (Å²) < 4.78 is 3.13. The van der Waals surface area contributed by atoms with Gasteiger partial charge in [-0.2, -0.15) is 4.98 Å². The number of piperazine rings is 1. The van der Waals surface area contributed by atoms with Gasteiger partial charge < -0.3 is 15.7 Å². The van der Waals surface area contributed by atoms with Crippen molar-refractivity contribution in [3.63, 3.8) is 0 Å². The van der Waals surface area contributed by atoms with Gasteiger partial charge >= 0.3 is 0 Å². The van der Waals surface area contributed by atoms with Crippen molar-refractivity contribution in [2.24, 2.45) is 0 Å². The summed E-state index contributed by atoms with van der Waals surface area (Å²) in [6.07, 6.45) is 3.93. The minimum atomic E-state index is -1.16. The van der Waals surface area contributed by atoms with E-state index in [0.29, 0.717) is 35.0 Å². The molecule has 1 aliphatic carbocycles. The molecule has 0 spiro atoms. The van der Waals surface area contributed by atoms with Gasteiger partial charge in [0.2, 0.25) is 11.9 Å². The van der Waals surface area contributed by atoms with Crippen LogP contribution in [0.15, 0.2) is 60.0 Å². The Morgan fingerprint density at radius 1 is 1.23 bits per heavy atom. The second-order valence-corrected chi connectivity index (χ2v) is 10.6. The topological polar surface area (TPSA) is 130 Å². The van der Waals surface area contributed by atoms with Crippen LogP contribution in [-0.4, -0.2) is 59.9 Å². The number of benzene rings is 1. The van der Waals surface area contributed by atoms with Crippen molar-refractivity contribution in [1.29, 1.82) is 0 Å². The van der Waals surface area contributed by atoms with E-state index in [2.05, 4.69) is 44.2 Å². The molecular weight excluding hydrogens is 496 g/mol. The molecule has 3 N–H and O–H groups in total. The van der Waals surface area contributed by atoms with Crippen LogP contribution in [0.2, 0.25) is 0 Å². The summed E-state index contributed by atoms with van der Waals surface area (Å²) in [5.41, 5.74) is 2.59. The minimum Gasteiger partial charge on any atom is -0.384 e. The fourth-order valence-electron chi connectivity index (χ4n) is 5.57. The summed E-state index contributed by atoms with van der Waals surface area (Å²) in [4.78, 5) is 41.1. The Bertz CT molecular complexity index is 1680. The zero-order valence-corrected chi connectivity index (χ0v) is 22.0. The van der Waals surface area contributed by atoms with Gasteiger partial charge in [0.05, 0.1) is 30.9 Å². The molecule has 4 heterocycles. The maximum absolute atomic E-state index is 13.3. The number of pyridine rings is 1. The normalized spacial score (nSPS) is 19.0. The highest BCUT2D eigenvalue weighted by molar-refractivity contribution is 5.80. The number of aromatic nitrogens is 5. The molecule has 11 nitrogen and oxygen atoms in total. The van der Waals surface area contributed by atoms with Crippen LogP contribution in [0.4, 0.5) is 11.6 Å². The van der Waals surface area contributed by atoms with E-state index in [1.807, 2.05) is 13.1 Å². The number of nitrogens with zero attached hydrogens (tertiary/aromatic N) is 6. The molecule has 39 heavy (non-hydrogen) atoms. The molecule has 1 saturated heterocycles. The molecule has 4 aromatic rings. The van der Waals surface area contributed by atoms with Crippen LogP contribution >= 0.6 is 0 Å². The largest absolute Gasteiger partial charge is 0.384 e. The van der Waals surface area contributed by atoms with Gasteiger partial charge in [0.1, 0.15) is 11.0 Å². The Morgan fingerprint density at radius 3 is 2.82 bits per heavy atom. The van der Waals surface area contributed by atoms with Crippen molar-refractivity contribution >= 4 is 28.6 Å². The monoisotopic (exact) mass is 526 g/mol. The van der Waals surface area contributed by atoms with Crippen molar-refractivity contribution in [1.82, 2.24) is 34.5 Å². The number of fused-ring (bicyclic) bond motifs is 4. The molecule has 0 saturated carbocycles. The summed E-state index contributed by atoms with van der Waals surface area (Å²) in [7, 11) is 1.97. The Labute approximate surface area is 224 Å². The van der Waals surface area contributed by atoms with E-state index in [4.69, 9.17) is 4.98 Å². The second-order valence-electron chi connectivity index (χ2n) is 10.6. The van der Waals surface area contributed by atoms with Crippen LogP contribution in [0.25, 0.3) is 16.9 Å². The third kappa shape index (κ3) is 4.29. The predicted molar refractivity (Wildman–Crippen MR) is 147 cm³/mol. The SMILES string of the molecule is C=CCn1c(=O)c2cnc(Nc3ccc4c(c3)C3C(C4)NC(=O)CN3C)nc2n1-c1cccc(C(C)(C)O)n1. The fraction of sp³-hybridized carbons (Fsp3) is 0.321. The van der Waals surface area contributed by atoms with E-state index in [1.54, 1.807) is 42.8 Å². The minimum absolute atomic E-state index is 0.0450. The van der Waals surface area contributed by atoms with Crippen molar-refractivity contribution in [2.45, 2.75) is 44.5 Å².